The number of rotatable bonds is 19. The van der Waals surface area contributed by atoms with Crippen LogP contribution in [0.2, 0.25) is 0 Å². The number of carbonyl (C=O) groups is 4. The van der Waals surface area contributed by atoms with Crippen LogP contribution in [-0.4, -0.2) is 54.8 Å². The number of amides is 4. The zero-order chi connectivity index (χ0) is 52.5. The minimum atomic E-state index is -1.04. The van der Waals surface area contributed by atoms with Gasteiger partial charge in [0.1, 0.15) is 23.0 Å². The molecule has 0 aliphatic rings. The Morgan fingerprint density at radius 1 is 0.569 bits per heavy atom. The van der Waals surface area contributed by atoms with Gasteiger partial charge in [-0.15, -0.1) is 0 Å². The fraction of sp³-hybridized carbons (Fsp3) is 0.357. The van der Waals surface area contributed by atoms with Gasteiger partial charge in [0, 0.05) is 0 Å². The molecule has 6 rings (SSSR count). The quantitative estimate of drug-likeness (QED) is 0.0485. The fourth-order valence-corrected chi connectivity index (χ4v) is 7.94. The molecule has 2 aromatic heterocycles. The number of hydrogen-bond donors (Lipinski definition) is 5. The number of hydrogen-bond acceptors (Lipinski definition) is 9. The Hall–Kier alpha value is -7.88. The number of nitrogens with one attached hydrogen (secondary N) is 4. The first-order valence-electron chi connectivity index (χ1n) is 24.3. The number of carboxylic acid groups (broad SMARTS) is 1. The first-order chi connectivity index (χ1) is 34.3. The summed E-state index contributed by atoms with van der Waals surface area (Å²) in [5.74, 6) is 0.111. The Bertz CT molecular complexity index is 2900. The first-order valence-corrected chi connectivity index (χ1v) is 24.3. The van der Waals surface area contributed by atoms with Crippen LogP contribution in [0.3, 0.4) is 0 Å². The van der Waals surface area contributed by atoms with Crippen molar-refractivity contribution in [2.45, 2.75) is 113 Å². The molecular weight excluding hydrogens is 913 g/mol. The molecule has 2 heterocycles. The lowest BCUT2D eigenvalue weighted by molar-refractivity contribution is -0.143. The summed E-state index contributed by atoms with van der Waals surface area (Å²) in [5.41, 5.74) is 6.03. The van der Waals surface area contributed by atoms with Crippen molar-refractivity contribution in [1.82, 2.24) is 29.7 Å². The van der Waals surface area contributed by atoms with Crippen LogP contribution >= 0.6 is 0 Å². The lowest BCUT2D eigenvalue weighted by Crippen LogP contribution is -2.38. The maximum atomic E-state index is 13.6. The van der Waals surface area contributed by atoms with Gasteiger partial charge in [0.15, 0.2) is 0 Å². The molecule has 0 aliphatic carbocycles. The monoisotopic (exact) mass is 981 g/mol. The predicted molar refractivity (Wildman–Crippen MR) is 280 cm³/mol. The molecule has 4 amide bonds. The predicted octanol–water partition coefficient (Wildman–Crippen LogP) is 9.37. The zero-order valence-corrected chi connectivity index (χ0v) is 42.7. The van der Waals surface area contributed by atoms with Gasteiger partial charge in [0.2, 0.25) is 0 Å². The number of benzene rings is 4. The summed E-state index contributed by atoms with van der Waals surface area (Å²) in [5, 5.41) is 20.4. The SMILES string of the molecule is CCOC(=O)C[C@H](NC(=O)Nc1c(CC(C)C)nc(C)n(Cc2ccccc2)c1=O)c1ccc(C)cc1.Cc1ccc([C@H](CC(=O)O)NC(=O)Nc2c(CC(C)C)nc(C)n(Cc3ccccc3)c2=O)cc1. The molecule has 72 heavy (non-hydrogen) atoms. The third kappa shape index (κ3) is 16.4. The third-order valence-electron chi connectivity index (χ3n) is 11.5. The van der Waals surface area contributed by atoms with E-state index in [1.54, 1.807) is 37.5 Å². The van der Waals surface area contributed by atoms with E-state index in [2.05, 4.69) is 31.2 Å². The molecule has 0 radical (unpaired) electrons. The molecule has 0 saturated carbocycles. The fourth-order valence-electron chi connectivity index (χ4n) is 7.94. The standard InChI is InChI=1S/C29H36N4O4.C27H32N4O4/c1-6-37-26(34)17-24(23-14-12-20(4)13-15-23)31-29(36)32-27-25(16-19(2)3)30-21(5)33(28(27)35)18-22-10-8-7-9-11-22;1-17(2)14-23-25(26(34)31(19(4)28-23)16-20-8-6-5-7-9-20)30-27(35)29-22(15-24(32)33)21-12-10-18(3)11-13-21/h7-15,19,24H,6,16-18H2,1-5H3,(H2,31,32,36);5-13,17,22H,14-16H2,1-4H3,(H,32,33)(H2,29,30,35)/t24-;22-/m00/s1. The molecule has 0 bridgehead atoms. The van der Waals surface area contributed by atoms with Crippen molar-refractivity contribution in [2.75, 3.05) is 17.2 Å². The molecule has 0 saturated heterocycles. The molecular formula is C56H68N8O8. The highest BCUT2D eigenvalue weighted by atomic mass is 16.5. The summed E-state index contributed by atoms with van der Waals surface area (Å²) >= 11 is 0. The number of esters is 1. The second kappa shape index (κ2) is 26.4. The number of aryl methyl sites for hydroxylation is 4. The van der Waals surface area contributed by atoms with E-state index in [4.69, 9.17) is 4.74 Å². The van der Waals surface area contributed by atoms with Gasteiger partial charge in [-0.25, -0.2) is 19.6 Å². The van der Waals surface area contributed by atoms with Gasteiger partial charge < -0.3 is 31.1 Å². The molecule has 5 N–H and O–H groups in total. The second-order valence-corrected chi connectivity index (χ2v) is 18.6. The van der Waals surface area contributed by atoms with Gasteiger partial charge >= 0.3 is 24.0 Å². The number of carboxylic acids is 1. The van der Waals surface area contributed by atoms with Crippen molar-refractivity contribution >= 4 is 35.4 Å². The highest BCUT2D eigenvalue weighted by Gasteiger charge is 2.25. The number of carbonyl (C=O) groups excluding carboxylic acids is 3. The van der Waals surface area contributed by atoms with Crippen molar-refractivity contribution in [3.05, 3.63) is 186 Å². The number of nitrogens with zero attached hydrogens (tertiary/aromatic N) is 4. The number of anilines is 2. The minimum Gasteiger partial charge on any atom is -0.481 e. The Morgan fingerprint density at radius 3 is 1.29 bits per heavy atom. The van der Waals surface area contributed by atoms with E-state index >= 15 is 0 Å². The van der Waals surface area contributed by atoms with E-state index < -0.39 is 36.1 Å². The summed E-state index contributed by atoms with van der Waals surface area (Å²) < 4.78 is 8.20. The normalized spacial score (nSPS) is 11.8. The van der Waals surface area contributed by atoms with Crippen LogP contribution in [0.15, 0.2) is 119 Å². The Labute approximate surface area is 421 Å². The first kappa shape index (κ1) is 55.1. The number of aromatic nitrogens is 4. The molecule has 6 aromatic rings. The molecule has 16 heteroatoms. The lowest BCUT2D eigenvalue weighted by Gasteiger charge is -2.21. The van der Waals surface area contributed by atoms with Gasteiger partial charge in [-0.2, -0.15) is 0 Å². The summed E-state index contributed by atoms with van der Waals surface area (Å²) in [6, 6.07) is 31.4. The summed E-state index contributed by atoms with van der Waals surface area (Å²) in [6.07, 6.45) is 0.712. The number of urea groups is 2. The largest absolute Gasteiger partial charge is 0.481 e. The van der Waals surface area contributed by atoms with Crippen LogP contribution in [0.4, 0.5) is 21.0 Å². The van der Waals surface area contributed by atoms with Crippen molar-refractivity contribution in [3.8, 4) is 0 Å². The molecule has 380 valence electrons. The third-order valence-corrected chi connectivity index (χ3v) is 11.5. The van der Waals surface area contributed by atoms with Crippen LogP contribution < -0.4 is 32.4 Å². The van der Waals surface area contributed by atoms with Crippen molar-refractivity contribution in [3.63, 3.8) is 0 Å². The highest BCUT2D eigenvalue weighted by Crippen LogP contribution is 2.22. The van der Waals surface area contributed by atoms with Crippen molar-refractivity contribution in [1.29, 1.82) is 0 Å². The van der Waals surface area contributed by atoms with E-state index in [0.29, 0.717) is 54.5 Å². The Kier molecular flexibility index (Phi) is 20.2. The van der Waals surface area contributed by atoms with Gasteiger partial charge in [-0.1, -0.05) is 148 Å². The van der Waals surface area contributed by atoms with Gasteiger partial charge in [-0.3, -0.25) is 28.3 Å². The molecule has 0 aliphatic heterocycles. The van der Waals surface area contributed by atoms with Crippen LogP contribution in [0.5, 0.6) is 0 Å². The lowest BCUT2D eigenvalue weighted by atomic mass is 10.0. The molecule has 2 atom stereocenters. The average Bonchev–Trinajstić information content (AvgIpc) is 3.32. The number of ether oxygens (including phenoxy) is 1. The number of aliphatic carboxylic acids is 1. The van der Waals surface area contributed by atoms with Gasteiger partial charge in [-0.05, 0) is 81.5 Å². The maximum absolute atomic E-state index is 13.6. The topological polar surface area (TPSA) is 216 Å². The zero-order valence-electron chi connectivity index (χ0n) is 42.7. The van der Waals surface area contributed by atoms with Crippen molar-refractivity contribution in [2.24, 2.45) is 11.8 Å². The molecule has 0 unspecified atom stereocenters. The van der Waals surface area contributed by atoms with Crippen LogP contribution in [0.1, 0.15) is 116 Å². The summed E-state index contributed by atoms with van der Waals surface area (Å²) in [7, 11) is 0. The average molecular weight is 981 g/mol. The Balaban J connectivity index is 0.000000268. The van der Waals surface area contributed by atoms with E-state index in [-0.39, 0.29) is 53.8 Å². The van der Waals surface area contributed by atoms with E-state index in [0.717, 1.165) is 27.8 Å². The molecule has 0 spiro atoms. The maximum Gasteiger partial charge on any atom is 0.319 e. The second-order valence-electron chi connectivity index (χ2n) is 18.6. The molecule has 4 aromatic carbocycles. The van der Waals surface area contributed by atoms with Crippen LogP contribution in [0.25, 0.3) is 0 Å². The summed E-state index contributed by atoms with van der Waals surface area (Å²) in [6.45, 7) is 18.2. The Morgan fingerprint density at radius 2 is 0.944 bits per heavy atom. The van der Waals surface area contributed by atoms with Gasteiger partial charge in [0.05, 0.1) is 56.0 Å². The smallest absolute Gasteiger partial charge is 0.319 e. The molecule has 0 fully saturated rings. The van der Waals surface area contributed by atoms with E-state index in [9.17, 15) is 33.9 Å². The van der Waals surface area contributed by atoms with Crippen LogP contribution in [-0.2, 0) is 40.3 Å². The van der Waals surface area contributed by atoms with E-state index in [1.807, 2.05) is 139 Å². The molecule has 16 nitrogen and oxygen atoms in total. The highest BCUT2D eigenvalue weighted by molar-refractivity contribution is 5.91. The summed E-state index contributed by atoms with van der Waals surface area (Å²) in [4.78, 5) is 86.3. The minimum absolute atomic E-state index is 0.0342. The van der Waals surface area contributed by atoms with Gasteiger partial charge in [0.25, 0.3) is 11.1 Å². The van der Waals surface area contributed by atoms with Crippen LogP contribution in [0, 0.1) is 39.5 Å². The van der Waals surface area contributed by atoms with Crippen molar-refractivity contribution < 1.29 is 29.0 Å². The van der Waals surface area contributed by atoms with E-state index in [1.165, 1.54) is 4.57 Å².